The van der Waals surface area contributed by atoms with E-state index in [1.807, 2.05) is 71.7 Å². The number of ether oxygens (including phenoxy) is 1. The molecule has 166 valence electrons. The molecule has 7 nitrogen and oxygen atoms in total. The molecule has 0 radical (unpaired) electrons. The quantitative estimate of drug-likeness (QED) is 0.578. The van der Waals surface area contributed by atoms with Gasteiger partial charge in [-0.2, -0.15) is 0 Å². The molecule has 1 aliphatic rings. The van der Waals surface area contributed by atoms with Crippen LogP contribution < -0.4 is 10.2 Å². The normalized spacial score (nSPS) is 14.2. The number of hydrogen-bond donors (Lipinski definition) is 1. The third-order valence-corrected chi connectivity index (χ3v) is 4.73. The van der Waals surface area contributed by atoms with Gasteiger partial charge in [0.05, 0.1) is 5.60 Å². The van der Waals surface area contributed by atoms with Gasteiger partial charge in [-0.3, -0.25) is 9.78 Å². The number of carbonyl (C=O) groups is 1. The van der Waals surface area contributed by atoms with Crippen molar-refractivity contribution in [1.82, 2.24) is 20.3 Å². The van der Waals surface area contributed by atoms with Crippen molar-refractivity contribution in [3.8, 4) is 11.5 Å². The summed E-state index contributed by atoms with van der Waals surface area (Å²) in [6.45, 7) is 11.7. The number of anilines is 1. The summed E-state index contributed by atoms with van der Waals surface area (Å²) in [5.74, 6) is 1.07. The molecule has 31 heavy (non-hydrogen) atoms. The van der Waals surface area contributed by atoms with Gasteiger partial charge in [0.2, 0.25) is 0 Å². The summed E-state index contributed by atoms with van der Waals surface area (Å²) in [7, 11) is 1.85. The average Bonchev–Trinajstić information content (AvgIpc) is 3.14. The topological polar surface area (TPSA) is 80.2 Å². The Balaban J connectivity index is 2.07. The van der Waals surface area contributed by atoms with Crippen LogP contribution in [0.1, 0.15) is 59.2 Å². The van der Waals surface area contributed by atoms with E-state index < -0.39 is 5.60 Å². The molecule has 1 N–H and O–H groups in total. The van der Waals surface area contributed by atoms with E-state index in [0.29, 0.717) is 17.2 Å². The van der Waals surface area contributed by atoms with Crippen LogP contribution in [0.3, 0.4) is 0 Å². The molecule has 0 aliphatic heterocycles. The van der Waals surface area contributed by atoms with Crippen molar-refractivity contribution >= 4 is 11.7 Å². The Hall–Kier alpha value is -2.96. The predicted molar refractivity (Wildman–Crippen MR) is 123 cm³/mol. The molecule has 0 unspecified atom stereocenters. The number of nitrogens with one attached hydrogen (secondary N) is 1. The standard InChI is InChI=1S/C24H33N5O2/c1-23(2,3)28-22(30)19(15-31-24(4,5)6)29(7)21-16-11-10-13-17(16)26-20(27-21)18-12-8-9-14-25-18/h8-9,12,14-15H,10-11,13H2,1-7H3,(H,28,30). The molecule has 2 aromatic heterocycles. The first-order chi connectivity index (χ1) is 14.4. The van der Waals surface area contributed by atoms with Gasteiger partial charge in [0.15, 0.2) is 5.82 Å². The predicted octanol–water partition coefficient (Wildman–Crippen LogP) is 4.03. The summed E-state index contributed by atoms with van der Waals surface area (Å²) in [5, 5.41) is 3.04. The van der Waals surface area contributed by atoms with Crippen LogP contribution in [0.4, 0.5) is 5.82 Å². The first-order valence-corrected chi connectivity index (χ1v) is 10.7. The lowest BCUT2D eigenvalue weighted by atomic mass is 10.1. The molecule has 0 aromatic carbocycles. The Morgan fingerprint density at radius 1 is 1.13 bits per heavy atom. The van der Waals surface area contributed by atoms with Crippen molar-refractivity contribution < 1.29 is 9.53 Å². The number of hydrogen-bond acceptors (Lipinski definition) is 6. The number of pyridine rings is 1. The van der Waals surface area contributed by atoms with Crippen LogP contribution in [0.5, 0.6) is 0 Å². The summed E-state index contributed by atoms with van der Waals surface area (Å²) in [6, 6.07) is 5.68. The van der Waals surface area contributed by atoms with Gasteiger partial charge in [0.25, 0.3) is 5.91 Å². The van der Waals surface area contributed by atoms with E-state index in [2.05, 4.69) is 10.3 Å². The highest BCUT2D eigenvalue weighted by Crippen LogP contribution is 2.32. The van der Waals surface area contributed by atoms with E-state index >= 15 is 0 Å². The lowest BCUT2D eigenvalue weighted by Crippen LogP contribution is -2.44. The molecule has 3 rings (SSSR count). The zero-order chi connectivity index (χ0) is 22.8. The molecular formula is C24H33N5O2. The van der Waals surface area contributed by atoms with Crippen LogP contribution in [0.15, 0.2) is 36.4 Å². The largest absolute Gasteiger partial charge is 0.493 e. The SMILES string of the molecule is CN(C(=COC(C)(C)C)C(=O)NC(C)(C)C)c1nc(-c2ccccn2)nc2c1CCC2. The number of rotatable bonds is 5. The number of likely N-dealkylation sites (N-methyl/N-ethyl adjacent to an activating group) is 1. The highest BCUT2D eigenvalue weighted by Gasteiger charge is 2.28. The molecule has 7 heteroatoms. The van der Waals surface area contributed by atoms with Gasteiger partial charge >= 0.3 is 0 Å². The zero-order valence-electron chi connectivity index (χ0n) is 19.6. The van der Waals surface area contributed by atoms with Crippen molar-refractivity contribution in [2.24, 2.45) is 0 Å². The fourth-order valence-corrected chi connectivity index (χ4v) is 3.34. The summed E-state index contributed by atoms with van der Waals surface area (Å²) in [6.07, 6.45) is 6.05. The maximum Gasteiger partial charge on any atom is 0.271 e. The second-order valence-electron chi connectivity index (χ2n) is 9.86. The fourth-order valence-electron chi connectivity index (χ4n) is 3.34. The van der Waals surface area contributed by atoms with Gasteiger partial charge < -0.3 is 15.0 Å². The van der Waals surface area contributed by atoms with E-state index in [-0.39, 0.29) is 11.4 Å². The number of amides is 1. The number of aryl methyl sites for hydroxylation is 1. The molecule has 0 spiro atoms. The molecule has 0 atom stereocenters. The minimum absolute atomic E-state index is 0.219. The molecule has 0 saturated heterocycles. The van der Waals surface area contributed by atoms with E-state index in [1.165, 1.54) is 6.26 Å². The molecule has 0 fully saturated rings. The summed E-state index contributed by atoms with van der Waals surface area (Å²) in [4.78, 5) is 29.0. The second-order valence-corrected chi connectivity index (χ2v) is 9.86. The van der Waals surface area contributed by atoms with Crippen LogP contribution in [0.25, 0.3) is 11.5 Å². The molecule has 0 saturated carbocycles. The minimum Gasteiger partial charge on any atom is -0.493 e. The Morgan fingerprint density at radius 2 is 1.87 bits per heavy atom. The van der Waals surface area contributed by atoms with Crippen LogP contribution in [0.2, 0.25) is 0 Å². The Morgan fingerprint density at radius 3 is 2.48 bits per heavy atom. The maximum absolute atomic E-state index is 13.2. The van der Waals surface area contributed by atoms with E-state index in [9.17, 15) is 4.79 Å². The van der Waals surface area contributed by atoms with Gasteiger partial charge in [-0.1, -0.05) is 6.07 Å². The van der Waals surface area contributed by atoms with E-state index in [4.69, 9.17) is 14.7 Å². The minimum atomic E-state index is -0.430. The summed E-state index contributed by atoms with van der Waals surface area (Å²) >= 11 is 0. The number of carbonyl (C=O) groups excluding carboxylic acids is 1. The third kappa shape index (κ3) is 5.81. The first-order valence-electron chi connectivity index (χ1n) is 10.7. The summed E-state index contributed by atoms with van der Waals surface area (Å²) in [5.41, 5.74) is 2.39. The second kappa shape index (κ2) is 8.65. The molecule has 0 bridgehead atoms. The average molecular weight is 424 g/mol. The maximum atomic E-state index is 13.2. The van der Waals surface area contributed by atoms with Gasteiger partial charge in [-0.15, -0.1) is 0 Å². The Kier molecular flexibility index (Phi) is 6.34. The smallest absolute Gasteiger partial charge is 0.271 e. The van der Waals surface area contributed by atoms with Crippen LogP contribution in [0, 0.1) is 0 Å². The van der Waals surface area contributed by atoms with Gasteiger partial charge in [0, 0.05) is 30.0 Å². The van der Waals surface area contributed by atoms with Crippen molar-refractivity contribution in [2.45, 2.75) is 71.9 Å². The lowest BCUT2D eigenvalue weighted by molar-refractivity contribution is -0.119. The van der Waals surface area contributed by atoms with Gasteiger partial charge in [-0.25, -0.2) is 9.97 Å². The van der Waals surface area contributed by atoms with Crippen LogP contribution in [-0.4, -0.2) is 39.0 Å². The van der Waals surface area contributed by atoms with E-state index in [1.54, 1.807) is 6.20 Å². The molecule has 1 aliphatic carbocycles. The molecule has 2 aromatic rings. The molecular weight excluding hydrogens is 390 g/mol. The number of aromatic nitrogens is 3. The molecule has 1 amide bonds. The van der Waals surface area contributed by atoms with Crippen molar-refractivity contribution in [1.29, 1.82) is 0 Å². The Labute approximate surface area is 185 Å². The third-order valence-electron chi connectivity index (χ3n) is 4.73. The Bertz CT molecular complexity index is 972. The van der Waals surface area contributed by atoms with Gasteiger partial charge in [0.1, 0.15) is 23.5 Å². The van der Waals surface area contributed by atoms with Gasteiger partial charge in [-0.05, 0) is 72.9 Å². The summed E-state index contributed by atoms with van der Waals surface area (Å²) < 4.78 is 5.88. The molecule has 2 heterocycles. The fraction of sp³-hybridized carbons (Fsp3) is 0.500. The van der Waals surface area contributed by atoms with E-state index in [0.717, 1.165) is 36.3 Å². The monoisotopic (exact) mass is 423 g/mol. The number of nitrogens with zero attached hydrogens (tertiary/aromatic N) is 4. The zero-order valence-corrected chi connectivity index (χ0v) is 19.6. The van der Waals surface area contributed by atoms with Crippen molar-refractivity contribution in [3.63, 3.8) is 0 Å². The number of fused-ring (bicyclic) bond motifs is 1. The van der Waals surface area contributed by atoms with Crippen LogP contribution >= 0.6 is 0 Å². The highest BCUT2D eigenvalue weighted by molar-refractivity contribution is 5.97. The van der Waals surface area contributed by atoms with Crippen LogP contribution in [-0.2, 0) is 22.4 Å². The lowest BCUT2D eigenvalue weighted by Gasteiger charge is -2.28. The highest BCUT2D eigenvalue weighted by atomic mass is 16.5. The van der Waals surface area contributed by atoms with Crippen molar-refractivity contribution in [2.75, 3.05) is 11.9 Å². The van der Waals surface area contributed by atoms with Crippen molar-refractivity contribution in [3.05, 3.63) is 47.6 Å². The first kappa shape index (κ1) is 22.7.